The summed E-state index contributed by atoms with van der Waals surface area (Å²) in [6.45, 7) is 5.94. The molecule has 0 aliphatic heterocycles. The third kappa shape index (κ3) is 2.94. The van der Waals surface area contributed by atoms with Crippen molar-refractivity contribution >= 4 is 0 Å². The van der Waals surface area contributed by atoms with Crippen LogP contribution in [0, 0.1) is 13.0 Å². The molecule has 0 nitrogen and oxygen atoms in total. The molecule has 51 valence electrons. The number of benzene rings is 1. The van der Waals surface area contributed by atoms with Gasteiger partial charge in [0.1, 0.15) is 0 Å². The van der Waals surface area contributed by atoms with E-state index < -0.39 is 0 Å². The third-order valence-electron chi connectivity index (χ3n) is 1.26. The van der Waals surface area contributed by atoms with E-state index in [1.165, 1.54) is 5.56 Å². The molecule has 1 heteroatoms. The van der Waals surface area contributed by atoms with Gasteiger partial charge in [-0.25, -0.2) is 0 Å². The van der Waals surface area contributed by atoms with Crippen LogP contribution in [0.5, 0.6) is 0 Å². The Morgan fingerprint density at radius 3 is 2.50 bits per heavy atom. The van der Waals surface area contributed by atoms with E-state index in [1.54, 1.807) is 0 Å². The van der Waals surface area contributed by atoms with Crippen LogP contribution in [-0.2, 0) is 32.7 Å². The fourth-order valence-electron chi connectivity index (χ4n) is 0.714. The molecule has 1 aromatic carbocycles. The summed E-state index contributed by atoms with van der Waals surface area (Å²) < 4.78 is 0. The summed E-state index contributed by atoms with van der Waals surface area (Å²) in [6, 6.07) is 11.0. The number of hydrogen-bond acceptors (Lipinski definition) is 0. The van der Waals surface area contributed by atoms with E-state index in [0.29, 0.717) is 5.92 Å². The van der Waals surface area contributed by atoms with Gasteiger partial charge < -0.3 is 6.92 Å². The molecule has 1 atom stereocenters. The zero-order chi connectivity index (χ0) is 6.69. The van der Waals surface area contributed by atoms with Gasteiger partial charge in [0.2, 0.25) is 0 Å². The molecular weight excluding hydrogens is 197 g/mol. The predicted molar refractivity (Wildman–Crippen MR) is 39.1 cm³/mol. The smallest absolute Gasteiger partial charge is 0 e. The maximum atomic E-state index is 3.88. The molecular formula is C9H10Y-2. The van der Waals surface area contributed by atoms with Gasteiger partial charge in [-0.3, -0.25) is 0 Å². The Balaban J connectivity index is 0.000000810. The molecule has 0 aromatic heterocycles. The van der Waals surface area contributed by atoms with Crippen LogP contribution >= 0.6 is 0 Å². The van der Waals surface area contributed by atoms with Crippen LogP contribution < -0.4 is 0 Å². The van der Waals surface area contributed by atoms with Gasteiger partial charge in [0.05, 0.1) is 0 Å². The fourth-order valence-corrected chi connectivity index (χ4v) is 0.714. The Morgan fingerprint density at radius 2 is 2.20 bits per heavy atom. The summed E-state index contributed by atoms with van der Waals surface area (Å²) in [6.07, 6.45) is 0. The van der Waals surface area contributed by atoms with Crippen molar-refractivity contribution in [3.05, 3.63) is 42.8 Å². The standard InChI is InChI=1S/C9H10.Y/c1-8(2)9-6-4-3-5-7-9;/h3-6,8H,1H2,2H3;/q-2;/t8-;/m1./s1. The Labute approximate surface area is 87.9 Å². The van der Waals surface area contributed by atoms with Gasteiger partial charge in [0, 0.05) is 32.7 Å². The molecule has 0 fully saturated rings. The molecule has 10 heavy (non-hydrogen) atoms. The van der Waals surface area contributed by atoms with Crippen molar-refractivity contribution < 1.29 is 32.7 Å². The predicted octanol–water partition coefficient (Wildman–Crippen LogP) is 2.42. The maximum Gasteiger partial charge on any atom is 0 e. The summed E-state index contributed by atoms with van der Waals surface area (Å²) in [5.74, 6) is 0.353. The van der Waals surface area contributed by atoms with E-state index >= 15 is 0 Å². The summed E-state index contributed by atoms with van der Waals surface area (Å²) >= 11 is 0. The van der Waals surface area contributed by atoms with Crippen LogP contribution in [0.25, 0.3) is 0 Å². The maximum absolute atomic E-state index is 3.88. The molecule has 0 heterocycles. The zero-order valence-corrected chi connectivity index (χ0v) is 9.01. The molecule has 1 rings (SSSR count). The van der Waals surface area contributed by atoms with Gasteiger partial charge in [-0.1, -0.05) is 6.92 Å². The van der Waals surface area contributed by atoms with Crippen LogP contribution in [0.2, 0.25) is 0 Å². The molecule has 0 bridgehead atoms. The molecule has 0 unspecified atom stereocenters. The normalized spacial score (nSPS) is 11.8. The van der Waals surface area contributed by atoms with E-state index in [0.717, 1.165) is 0 Å². The van der Waals surface area contributed by atoms with E-state index in [2.05, 4.69) is 19.9 Å². The minimum atomic E-state index is 0. The van der Waals surface area contributed by atoms with E-state index in [4.69, 9.17) is 0 Å². The largest absolute Gasteiger partial charge is 0.338 e. The Morgan fingerprint density at radius 1 is 1.50 bits per heavy atom. The van der Waals surface area contributed by atoms with Crippen molar-refractivity contribution in [3.63, 3.8) is 0 Å². The van der Waals surface area contributed by atoms with Crippen molar-refractivity contribution in [2.45, 2.75) is 12.8 Å². The van der Waals surface area contributed by atoms with Crippen LogP contribution in [0.3, 0.4) is 0 Å². The third-order valence-corrected chi connectivity index (χ3v) is 1.26. The van der Waals surface area contributed by atoms with Crippen LogP contribution in [0.1, 0.15) is 18.4 Å². The van der Waals surface area contributed by atoms with Crippen LogP contribution in [-0.4, -0.2) is 0 Å². The second kappa shape index (κ2) is 5.04. The summed E-state index contributed by atoms with van der Waals surface area (Å²) in [4.78, 5) is 0. The molecule has 0 saturated carbocycles. The molecule has 0 spiro atoms. The first-order chi connectivity index (χ1) is 4.30. The molecule has 0 amide bonds. The van der Waals surface area contributed by atoms with Gasteiger partial charge in [0.15, 0.2) is 0 Å². The van der Waals surface area contributed by atoms with Crippen molar-refractivity contribution in [3.8, 4) is 0 Å². The number of hydrogen-bond donors (Lipinski definition) is 0. The van der Waals surface area contributed by atoms with Crippen LogP contribution in [0.4, 0.5) is 0 Å². The molecule has 0 saturated heterocycles. The summed E-state index contributed by atoms with van der Waals surface area (Å²) in [7, 11) is 0. The van der Waals surface area contributed by atoms with E-state index in [1.807, 2.05) is 24.3 Å². The zero-order valence-electron chi connectivity index (χ0n) is 6.17. The fraction of sp³-hybridized carbons (Fsp3) is 0.222. The van der Waals surface area contributed by atoms with E-state index in [9.17, 15) is 0 Å². The van der Waals surface area contributed by atoms with Crippen molar-refractivity contribution in [1.29, 1.82) is 0 Å². The Hall–Kier alpha value is 0.324. The second-order valence-corrected chi connectivity index (χ2v) is 2.22. The van der Waals surface area contributed by atoms with Gasteiger partial charge in [-0.15, -0.1) is 0 Å². The molecule has 0 aliphatic carbocycles. The van der Waals surface area contributed by atoms with Gasteiger partial charge in [-0.05, 0) is 0 Å². The first-order valence-electron chi connectivity index (χ1n) is 3.10. The molecule has 0 aliphatic rings. The van der Waals surface area contributed by atoms with Crippen LogP contribution in [0.15, 0.2) is 24.3 Å². The van der Waals surface area contributed by atoms with Crippen molar-refractivity contribution in [2.24, 2.45) is 0 Å². The number of rotatable bonds is 1. The van der Waals surface area contributed by atoms with Crippen molar-refractivity contribution in [2.75, 3.05) is 0 Å². The van der Waals surface area contributed by atoms with Gasteiger partial charge >= 0.3 is 0 Å². The quantitative estimate of drug-likeness (QED) is 0.620. The SMILES string of the molecule is [CH2-][C@H](C)c1[c-]cccc1.[Y]. The minimum Gasteiger partial charge on any atom is -0.338 e. The van der Waals surface area contributed by atoms with E-state index in [-0.39, 0.29) is 32.7 Å². The first kappa shape index (κ1) is 10.3. The second-order valence-electron chi connectivity index (χ2n) is 2.22. The summed E-state index contributed by atoms with van der Waals surface area (Å²) in [5.41, 5.74) is 1.18. The Bertz CT molecular complexity index is 167. The molecule has 0 N–H and O–H groups in total. The summed E-state index contributed by atoms with van der Waals surface area (Å²) in [5, 5.41) is 0. The molecule has 1 radical (unpaired) electrons. The first-order valence-corrected chi connectivity index (χ1v) is 3.10. The topological polar surface area (TPSA) is 0 Å². The average Bonchev–Trinajstić information content (AvgIpc) is 1.90. The van der Waals surface area contributed by atoms with Crippen molar-refractivity contribution in [1.82, 2.24) is 0 Å². The monoisotopic (exact) mass is 207 g/mol. The van der Waals surface area contributed by atoms with Gasteiger partial charge in [-0.2, -0.15) is 41.8 Å². The molecule has 1 aromatic rings. The average molecular weight is 207 g/mol. The minimum absolute atomic E-state index is 0. The Kier molecular flexibility index (Phi) is 5.20. The van der Waals surface area contributed by atoms with Gasteiger partial charge in [0.25, 0.3) is 0 Å².